The fraction of sp³-hybridized carbons (Fsp3) is 0.333. The minimum absolute atomic E-state index is 0.593. The van der Waals surface area contributed by atoms with Gasteiger partial charge in [0.05, 0.1) is 0 Å². The average molecular weight is 411 g/mol. The Kier molecular flexibility index (Phi) is 8.87. The molecule has 0 aliphatic rings. The van der Waals surface area contributed by atoms with Crippen molar-refractivity contribution < 1.29 is 19.1 Å². The van der Waals surface area contributed by atoms with Gasteiger partial charge in [-0.15, -0.1) is 0 Å². The summed E-state index contributed by atoms with van der Waals surface area (Å²) in [5.74, 6) is -1.75. The van der Waals surface area contributed by atoms with E-state index in [1.165, 1.54) is 5.56 Å². The Morgan fingerprint density at radius 1 is 0.931 bits per heavy atom. The summed E-state index contributed by atoms with van der Waals surface area (Å²) in [7, 11) is -2.89. The molecule has 0 heterocycles. The van der Waals surface area contributed by atoms with Crippen LogP contribution in [-0.4, -0.2) is 25.4 Å². The van der Waals surface area contributed by atoms with E-state index in [9.17, 15) is 9.59 Å². The van der Waals surface area contributed by atoms with E-state index in [4.69, 9.17) is 9.53 Å². The van der Waals surface area contributed by atoms with Gasteiger partial charge in [0, 0.05) is 12.2 Å². The van der Waals surface area contributed by atoms with Crippen molar-refractivity contribution >= 4 is 30.6 Å². The highest BCUT2D eigenvalue weighted by Gasteiger charge is 2.43. The van der Waals surface area contributed by atoms with E-state index in [1.807, 2.05) is 42.5 Å². The monoisotopic (exact) mass is 410 g/mol. The van der Waals surface area contributed by atoms with Crippen molar-refractivity contribution in [3.05, 3.63) is 72.3 Å². The molecule has 0 spiro atoms. The molecule has 0 amide bonds. The number of carbonyl (C=O) groups is 2. The lowest BCUT2D eigenvalue weighted by Gasteiger charge is -2.33. The van der Waals surface area contributed by atoms with E-state index in [1.54, 1.807) is 0 Å². The van der Waals surface area contributed by atoms with Gasteiger partial charge in [0.1, 0.15) is 0 Å². The number of aryl methyl sites for hydroxylation is 1. The van der Waals surface area contributed by atoms with E-state index in [-0.39, 0.29) is 0 Å². The molecule has 1 N–H and O–H groups in total. The molecule has 29 heavy (non-hydrogen) atoms. The molecule has 5 heteroatoms. The summed E-state index contributed by atoms with van der Waals surface area (Å²) in [6.07, 6.45) is 6.87. The second kappa shape index (κ2) is 11.4. The lowest BCUT2D eigenvalue weighted by molar-refractivity contribution is -0.133. The lowest BCUT2D eigenvalue weighted by Crippen LogP contribution is -2.62. The van der Waals surface area contributed by atoms with Crippen LogP contribution < -0.4 is 10.4 Å². The van der Waals surface area contributed by atoms with Crippen molar-refractivity contribution in [2.45, 2.75) is 52.0 Å². The van der Waals surface area contributed by atoms with Crippen LogP contribution in [0, 0.1) is 0 Å². The van der Waals surface area contributed by atoms with E-state index in [0.717, 1.165) is 60.7 Å². The number of hydrogen-bond acceptors (Lipinski definition) is 3. The quantitative estimate of drug-likeness (QED) is 0.448. The molecule has 0 saturated carbocycles. The van der Waals surface area contributed by atoms with Crippen molar-refractivity contribution in [2.24, 2.45) is 0 Å². The molecule has 2 rings (SSSR count). The number of carbonyl (C=O) groups excluding carboxylic acids is 1. The Morgan fingerprint density at radius 3 is 2.24 bits per heavy atom. The predicted octanol–water partition coefficient (Wildman–Crippen LogP) is 4.07. The third kappa shape index (κ3) is 6.16. The zero-order chi connectivity index (χ0) is 21.1. The number of hydrogen-bond donors (Lipinski definition) is 1. The first-order valence-electron chi connectivity index (χ1n) is 10.3. The van der Waals surface area contributed by atoms with Crippen LogP contribution in [0.15, 0.2) is 66.7 Å². The third-order valence-electron chi connectivity index (χ3n) is 5.01. The molecule has 0 radical (unpaired) electrons. The Morgan fingerprint density at radius 2 is 1.59 bits per heavy atom. The van der Waals surface area contributed by atoms with Gasteiger partial charge in [0.2, 0.25) is 0 Å². The molecular weight excluding hydrogens is 380 g/mol. The SMILES string of the molecule is CCCCc1ccccc1[Si](CCCC)(OC(=O)/C=C/C(=O)O)c1ccccc1. The summed E-state index contributed by atoms with van der Waals surface area (Å²) < 4.78 is 6.23. The zero-order valence-corrected chi connectivity index (χ0v) is 18.3. The third-order valence-corrected chi connectivity index (χ3v) is 9.24. The maximum Gasteiger partial charge on any atom is 0.328 e. The summed E-state index contributed by atoms with van der Waals surface area (Å²) in [5.41, 5.74) is 1.22. The standard InChI is InChI=1S/C24H30O4Si/c1-3-5-12-20-13-10-11-16-22(20)29(19-6-4-2,21-14-8-7-9-15-21)28-24(27)18-17-23(25)26/h7-11,13-18H,3-6,12,19H2,1-2H3,(H,25,26)/b18-17+. The molecule has 0 aromatic heterocycles. The van der Waals surface area contributed by atoms with Crippen molar-refractivity contribution in [1.82, 2.24) is 0 Å². The van der Waals surface area contributed by atoms with Crippen LogP contribution in [0.3, 0.4) is 0 Å². The molecule has 1 unspecified atom stereocenters. The molecule has 0 aliphatic carbocycles. The fourth-order valence-electron chi connectivity index (χ4n) is 3.58. The van der Waals surface area contributed by atoms with Gasteiger partial charge >= 0.3 is 20.3 Å². The molecule has 0 aliphatic heterocycles. The summed E-state index contributed by atoms with van der Waals surface area (Å²) in [6.45, 7) is 4.29. The van der Waals surface area contributed by atoms with Gasteiger partial charge in [-0.2, -0.15) is 0 Å². The van der Waals surface area contributed by atoms with E-state index in [0.29, 0.717) is 0 Å². The first-order valence-corrected chi connectivity index (χ1v) is 12.4. The molecule has 2 aromatic rings. The van der Waals surface area contributed by atoms with Crippen LogP contribution >= 0.6 is 0 Å². The van der Waals surface area contributed by atoms with Gasteiger partial charge < -0.3 is 9.53 Å². The molecule has 0 saturated heterocycles. The second-order valence-corrected chi connectivity index (χ2v) is 10.6. The molecule has 1 atom stereocenters. The fourth-order valence-corrected chi connectivity index (χ4v) is 7.86. The molecule has 0 fully saturated rings. The highest BCUT2D eigenvalue weighted by atomic mass is 28.4. The van der Waals surface area contributed by atoms with Gasteiger partial charge in [0.25, 0.3) is 0 Å². The van der Waals surface area contributed by atoms with Gasteiger partial charge in [-0.05, 0) is 34.8 Å². The number of carboxylic acid groups (broad SMARTS) is 1. The number of benzene rings is 2. The lowest BCUT2D eigenvalue weighted by atomic mass is 10.1. The number of rotatable bonds is 11. The first-order chi connectivity index (χ1) is 14.0. The summed E-state index contributed by atoms with van der Waals surface area (Å²) >= 11 is 0. The second-order valence-electron chi connectivity index (χ2n) is 7.15. The molecular formula is C24H30O4Si. The van der Waals surface area contributed by atoms with Crippen molar-refractivity contribution in [1.29, 1.82) is 0 Å². The van der Waals surface area contributed by atoms with Crippen LogP contribution in [0.1, 0.15) is 45.1 Å². The number of aliphatic carboxylic acids is 1. The topological polar surface area (TPSA) is 63.6 Å². The van der Waals surface area contributed by atoms with Crippen LogP contribution in [0.4, 0.5) is 0 Å². The molecule has 154 valence electrons. The summed E-state index contributed by atoms with van der Waals surface area (Å²) in [5, 5.41) is 11.0. The largest absolute Gasteiger partial charge is 0.507 e. The molecule has 0 bridgehead atoms. The Balaban J connectivity index is 2.62. The summed E-state index contributed by atoms with van der Waals surface area (Å²) in [6, 6.07) is 19.0. The van der Waals surface area contributed by atoms with Crippen molar-refractivity contribution in [3.63, 3.8) is 0 Å². The van der Waals surface area contributed by atoms with Crippen LogP contribution in [0.2, 0.25) is 6.04 Å². The van der Waals surface area contributed by atoms with Gasteiger partial charge in [-0.1, -0.05) is 87.7 Å². The van der Waals surface area contributed by atoms with Crippen LogP contribution in [0.25, 0.3) is 0 Å². The van der Waals surface area contributed by atoms with Crippen molar-refractivity contribution in [2.75, 3.05) is 0 Å². The van der Waals surface area contributed by atoms with E-state index >= 15 is 0 Å². The Labute approximate surface area is 174 Å². The Bertz CT molecular complexity index is 832. The van der Waals surface area contributed by atoms with Crippen LogP contribution in [0.5, 0.6) is 0 Å². The maximum absolute atomic E-state index is 12.7. The maximum atomic E-state index is 12.7. The van der Waals surface area contributed by atoms with Crippen LogP contribution in [-0.2, 0) is 20.4 Å². The highest BCUT2D eigenvalue weighted by Crippen LogP contribution is 2.20. The minimum atomic E-state index is -2.89. The van der Waals surface area contributed by atoms with E-state index in [2.05, 4.69) is 26.0 Å². The number of unbranched alkanes of at least 4 members (excludes halogenated alkanes) is 2. The minimum Gasteiger partial charge on any atom is -0.507 e. The Hall–Kier alpha value is -2.66. The smallest absolute Gasteiger partial charge is 0.328 e. The first kappa shape index (κ1) is 22.6. The van der Waals surface area contributed by atoms with Gasteiger partial charge in [-0.25, -0.2) is 9.59 Å². The molecule has 4 nitrogen and oxygen atoms in total. The molecule has 2 aromatic carbocycles. The number of carboxylic acids is 1. The van der Waals surface area contributed by atoms with Crippen molar-refractivity contribution in [3.8, 4) is 0 Å². The zero-order valence-electron chi connectivity index (χ0n) is 17.3. The highest BCUT2D eigenvalue weighted by molar-refractivity contribution is 6.98. The summed E-state index contributed by atoms with van der Waals surface area (Å²) in [4.78, 5) is 23.5. The predicted molar refractivity (Wildman–Crippen MR) is 119 cm³/mol. The average Bonchev–Trinajstić information content (AvgIpc) is 2.74. The van der Waals surface area contributed by atoms with Gasteiger partial charge in [0.15, 0.2) is 0 Å². The van der Waals surface area contributed by atoms with Gasteiger partial charge in [-0.3, -0.25) is 0 Å². The normalized spacial score (nSPS) is 13.2. The van der Waals surface area contributed by atoms with E-state index < -0.39 is 20.3 Å².